The summed E-state index contributed by atoms with van der Waals surface area (Å²) in [6.07, 6.45) is 2.65. The third-order valence-corrected chi connectivity index (χ3v) is 3.46. The Labute approximate surface area is 98.6 Å². The van der Waals surface area contributed by atoms with E-state index in [1.807, 2.05) is 6.07 Å². The zero-order valence-corrected chi connectivity index (χ0v) is 9.26. The van der Waals surface area contributed by atoms with Gasteiger partial charge >= 0.3 is 0 Å². The quantitative estimate of drug-likeness (QED) is 0.486. The number of aromatic nitrogens is 1. The van der Waals surface area contributed by atoms with Crippen molar-refractivity contribution in [1.29, 1.82) is 0 Å². The molecule has 0 unspecified atom stereocenters. The van der Waals surface area contributed by atoms with E-state index in [1.54, 1.807) is 11.5 Å². The highest BCUT2D eigenvalue weighted by Crippen LogP contribution is 2.27. The van der Waals surface area contributed by atoms with E-state index >= 15 is 0 Å². The van der Waals surface area contributed by atoms with Crippen LogP contribution >= 0.6 is 0 Å². The van der Waals surface area contributed by atoms with Crippen LogP contribution in [0, 0.1) is 0 Å². The summed E-state index contributed by atoms with van der Waals surface area (Å²) < 4.78 is 0. The Morgan fingerprint density at radius 2 is 2.47 bits per heavy atom. The van der Waals surface area contributed by atoms with Crippen LogP contribution in [0.5, 0.6) is 0 Å². The first-order valence-corrected chi connectivity index (χ1v) is 5.68. The molecular formula is C11H14N4O2. The summed E-state index contributed by atoms with van der Waals surface area (Å²) in [5, 5.41) is 11.9. The maximum atomic E-state index is 11.1. The van der Waals surface area contributed by atoms with Gasteiger partial charge in [0.25, 0.3) is 5.91 Å². The lowest BCUT2D eigenvalue weighted by Crippen LogP contribution is -2.44. The van der Waals surface area contributed by atoms with Crippen molar-refractivity contribution in [1.82, 2.24) is 15.8 Å². The Balaban J connectivity index is 1.78. The number of carbonyl (C=O) groups excluding carboxylic acids is 1. The van der Waals surface area contributed by atoms with Gasteiger partial charge < -0.3 is 10.2 Å². The van der Waals surface area contributed by atoms with Gasteiger partial charge in [0.1, 0.15) is 5.82 Å². The number of rotatable bonds is 2. The van der Waals surface area contributed by atoms with Gasteiger partial charge in [-0.25, -0.2) is 10.5 Å². The first-order valence-electron chi connectivity index (χ1n) is 5.68. The second kappa shape index (κ2) is 3.97. The molecule has 2 aliphatic rings. The summed E-state index contributed by atoms with van der Waals surface area (Å²) in [5.41, 5.74) is 1.95. The summed E-state index contributed by atoms with van der Waals surface area (Å²) in [6.45, 7) is 1.98. The smallest absolute Gasteiger partial charge is 0.276 e. The molecule has 2 aliphatic heterocycles. The van der Waals surface area contributed by atoms with Crippen molar-refractivity contribution in [3.05, 3.63) is 23.9 Å². The van der Waals surface area contributed by atoms with Crippen molar-refractivity contribution < 1.29 is 10.0 Å². The van der Waals surface area contributed by atoms with Crippen LogP contribution in [0.3, 0.4) is 0 Å². The molecule has 3 N–H and O–H groups in total. The second-order valence-electron chi connectivity index (χ2n) is 4.49. The standard InChI is InChI=1S/C11H14N4O2/c16-11(14-17)7-1-2-10(13-4-7)15-6-8-3-9(15)5-12-8/h1-2,4,8-9,12,17H,3,5-6H2,(H,14,16)/t8-,9-/m1/s1. The number of nitrogens with one attached hydrogen (secondary N) is 2. The van der Waals surface area contributed by atoms with Gasteiger partial charge in [-0.2, -0.15) is 0 Å². The third kappa shape index (κ3) is 1.75. The first-order chi connectivity index (χ1) is 8.28. The number of pyridine rings is 1. The van der Waals surface area contributed by atoms with Crippen molar-refractivity contribution in [2.24, 2.45) is 0 Å². The predicted molar refractivity (Wildman–Crippen MR) is 61.0 cm³/mol. The Bertz CT molecular complexity index is 434. The van der Waals surface area contributed by atoms with Crippen LogP contribution in [-0.2, 0) is 0 Å². The molecule has 3 heterocycles. The molecule has 90 valence electrons. The summed E-state index contributed by atoms with van der Waals surface area (Å²) in [6, 6.07) is 4.59. The fourth-order valence-corrected chi connectivity index (χ4v) is 2.60. The molecule has 3 rings (SSSR count). The normalized spacial score (nSPS) is 26.3. The van der Waals surface area contributed by atoms with Gasteiger partial charge in [-0.3, -0.25) is 10.0 Å². The Morgan fingerprint density at radius 3 is 3.00 bits per heavy atom. The predicted octanol–water partition coefficient (Wildman–Crippen LogP) is -0.249. The Morgan fingerprint density at radius 1 is 1.59 bits per heavy atom. The molecule has 0 radical (unpaired) electrons. The highest BCUT2D eigenvalue weighted by Gasteiger charge is 2.38. The van der Waals surface area contributed by atoms with E-state index in [0.717, 1.165) is 18.9 Å². The Kier molecular flexibility index (Phi) is 2.45. The van der Waals surface area contributed by atoms with E-state index in [1.165, 1.54) is 12.6 Å². The molecule has 1 aromatic heterocycles. The molecule has 2 saturated heterocycles. The minimum Gasteiger partial charge on any atom is -0.351 e. The third-order valence-electron chi connectivity index (χ3n) is 3.46. The van der Waals surface area contributed by atoms with E-state index in [9.17, 15) is 4.79 Å². The average molecular weight is 234 g/mol. The molecule has 2 bridgehead atoms. The highest BCUT2D eigenvalue weighted by molar-refractivity contribution is 5.93. The lowest BCUT2D eigenvalue weighted by Gasteiger charge is -2.28. The number of piperazine rings is 1. The summed E-state index contributed by atoms with van der Waals surface area (Å²) in [7, 11) is 0. The van der Waals surface area contributed by atoms with Crippen LogP contribution in [-0.4, -0.2) is 41.3 Å². The molecule has 2 atom stereocenters. The molecule has 6 heteroatoms. The zero-order valence-electron chi connectivity index (χ0n) is 9.26. The average Bonchev–Trinajstić information content (AvgIpc) is 3.00. The maximum absolute atomic E-state index is 11.1. The summed E-state index contributed by atoms with van der Waals surface area (Å²) >= 11 is 0. The molecular weight excluding hydrogens is 220 g/mol. The van der Waals surface area contributed by atoms with Gasteiger partial charge in [-0.15, -0.1) is 0 Å². The Hall–Kier alpha value is -1.66. The monoisotopic (exact) mass is 234 g/mol. The van der Waals surface area contributed by atoms with Gasteiger partial charge in [0.05, 0.1) is 5.56 Å². The van der Waals surface area contributed by atoms with Crippen LogP contribution in [0.25, 0.3) is 0 Å². The van der Waals surface area contributed by atoms with E-state index < -0.39 is 5.91 Å². The van der Waals surface area contributed by atoms with E-state index in [-0.39, 0.29) is 0 Å². The lowest BCUT2D eigenvalue weighted by atomic mass is 10.2. The van der Waals surface area contributed by atoms with Crippen LogP contribution in [0.1, 0.15) is 16.8 Å². The van der Waals surface area contributed by atoms with E-state index in [4.69, 9.17) is 5.21 Å². The van der Waals surface area contributed by atoms with Crippen molar-refractivity contribution in [3.8, 4) is 0 Å². The fourth-order valence-electron chi connectivity index (χ4n) is 2.60. The van der Waals surface area contributed by atoms with Crippen LogP contribution in [0.2, 0.25) is 0 Å². The minimum atomic E-state index is -0.534. The molecule has 0 aliphatic carbocycles. The maximum Gasteiger partial charge on any atom is 0.276 e. The van der Waals surface area contributed by atoms with Gasteiger partial charge in [-0.1, -0.05) is 0 Å². The second-order valence-corrected chi connectivity index (χ2v) is 4.49. The summed E-state index contributed by atoms with van der Waals surface area (Å²) in [5.74, 6) is 0.363. The number of carbonyl (C=O) groups is 1. The molecule has 17 heavy (non-hydrogen) atoms. The van der Waals surface area contributed by atoms with Crippen LogP contribution in [0.15, 0.2) is 18.3 Å². The molecule has 0 saturated carbocycles. The fraction of sp³-hybridized carbons (Fsp3) is 0.455. The number of hydrogen-bond donors (Lipinski definition) is 3. The zero-order chi connectivity index (χ0) is 11.8. The number of hydrogen-bond acceptors (Lipinski definition) is 5. The van der Waals surface area contributed by atoms with Crippen molar-refractivity contribution in [2.75, 3.05) is 18.0 Å². The minimum absolute atomic E-state index is 0.360. The largest absolute Gasteiger partial charge is 0.351 e. The van der Waals surface area contributed by atoms with Crippen molar-refractivity contribution >= 4 is 11.7 Å². The number of anilines is 1. The van der Waals surface area contributed by atoms with Crippen LogP contribution < -0.4 is 15.7 Å². The topological polar surface area (TPSA) is 77.5 Å². The van der Waals surface area contributed by atoms with Gasteiger partial charge in [0, 0.05) is 31.4 Å². The van der Waals surface area contributed by atoms with E-state index in [2.05, 4.69) is 15.2 Å². The molecule has 0 aromatic carbocycles. The molecule has 6 nitrogen and oxygen atoms in total. The number of fused-ring (bicyclic) bond motifs is 2. The highest BCUT2D eigenvalue weighted by atomic mass is 16.5. The van der Waals surface area contributed by atoms with Gasteiger partial charge in [-0.05, 0) is 18.6 Å². The van der Waals surface area contributed by atoms with Crippen molar-refractivity contribution in [3.63, 3.8) is 0 Å². The van der Waals surface area contributed by atoms with Gasteiger partial charge in [0.15, 0.2) is 0 Å². The molecule has 1 aromatic rings. The molecule has 2 fully saturated rings. The lowest BCUT2D eigenvalue weighted by molar-refractivity contribution is 0.0706. The molecule has 1 amide bonds. The SMILES string of the molecule is O=C(NO)c1ccc(N2C[C@H]3C[C@@H]2CN3)nc1. The number of nitrogens with zero attached hydrogens (tertiary/aromatic N) is 2. The number of amides is 1. The molecule has 0 spiro atoms. The van der Waals surface area contributed by atoms with Gasteiger partial charge in [0.2, 0.25) is 0 Å². The van der Waals surface area contributed by atoms with Crippen molar-refractivity contribution in [2.45, 2.75) is 18.5 Å². The first kappa shape index (κ1) is 10.5. The van der Waals surface area contributed by atoms with Crippen LogP contribution in [0.4, 0.5) is 5.82 Å². The summed E-state index contributed by atoms with van der Waals surface area (Å²) in [4.78, 5) is 17.7. The number of hydroxylamine groups is 1. The van der Waals surface area contributed by atoms with E-state index in [0.29, 0.717) is 17.6 Å².